The highest BCUT2D eigenvalue weighted by molar-refractivity contribution is 9.10. The fourth-order valence-electron chi connectivity index (χ4n) is 2.65. The Morgan fingerprint density at radius 1 is 1.06 bits per heavy atom. The summed E-state index contributed by atoms with van der Waals surface area (Å²) in [5.41, 5.74) is 4.97. The fraction of sp³-hybridized carbons (Fsp3) is 0.0870. The van der Waals surface area contributed by atoms with Crippen molar-refractivity contribution in [3.8, 4) is 5.75 Å². The normalized spacial score (nSPS) is 10.8. The number of halogens is 3. The number of rotatable bonds is 6. The molecule has 0 heterocycles. The van der Waals surface area contributed by atoms with Gasteiger partial charge >= 0.3 is 11.8 Å². The van der Waals surface area contributed by atoms with E-state index in [1.807, 2.05) is 25.1 Å². The molecule has 164 valence electrons. The quantitative estimate of drug-likeness (QED) is 0.241. The standard InChI is InChI=1S/C23H18BrCl2N3O3/c1-14-4-2-3-5-20(14)28-22(30)23(31)29-27-12-16-10-17(24)7-9-21(16)32-13-15-6-8-18(25)11-19(15)26/h2-12H,13H2,1H3,(H,28,30)(H,29,31)/b27-12-. The van der Waals surface area contributed by atoms with Crippen LogP contribution < -0.4 is 15.5 Å². The van der Waals surface area contributed by atoms with Gasteiger partial charge in [0, 0.05) is 31.3 Å². The van der Waals surface area contributed by atoms with E-state index in [0.29, 0.717) is 27.0 Å². The molecule has 0 aliphatic carbocycles. The number of nitrogens with one attached hydrogen (secondary N) is 2. The molecule has 3 rings (SSSR count). The van der Waals surface area contributed by atoms with Gasteiger partial charge in [0.15, 0.2) is 0 Å². The number of benzene rings is 3. The Labute approximate surface area is 203 Å². The number of carbonyl (C=O) groups excluding carboxylic acids is 2. The van der Waals surface area contributed by atoms with Crippen LogP contribution in [0.5, 0.6) is 5.75 Å². The van der Waals surface area contributed by atoms with Crippen LogP contribution >= 0.6 is 39.1 Å². The Morgan fingerprint density at radius 3 is 2.59 bits per heavy atom. The molecule has 0 saturated carbocycles. The number of hydrogen-bond donors (Lipinski definition) is 2. The van der Waals surface area contributed by atoms with E-state index < -0.39 is 11.8 Å². The van der Waals surface area contributed by atoms with Crippen LogP contribution in [0.2, 0.25) is 10.0 Å². The van der Waals surface area contributed by atoms with E-state index >= 15 is 0 Å². The minimum Gasteiger partial charge on any atom is -0.488 e. The molecule has 0 atom stereocenters. The van der Waals surface area contributed by atoms with Crippen molar-refractivity contribution in [1.82, 2.24) is 5.43 Å². The predicted molar refractivity (Wildman–Crippen MR) is 130 cm³/mol. The third kappa shape index (κ3) is 6.56. The molecule has 0 fully saturated rings. The summed E-state index contributed by atoms with van der Waals surface area (Å²) in [7, 11) is 0. The van der Waals surface area contributed by atoms with E-state index in [4.69, 9.17) is 27.9 Å². The maximum Gasteiger partial charge on any atom is 0.329 e. The molecule has 0 unspecified atom stereocenters. The number of aryl methyl sites for hydroxylation is 1. The lowest BCUT2D eigenvalue weighted by Crippen LogP contribution is -2.32. The van der Waals surface area contributed by atoms with Gasteiger partial charge < -0.3 is 10.1 Å². The fourth-order valence-corrected chi connectivity index (χ4v) is 3.49. The van der Waals surface area contributed by atoms with Gasteiger partial charge in [-0.2, -0.15) is 5.10 Å². The molecule has 2 amide bonds. The molecule has 0 radical (unpaired) electrons. The lowest BCUT2D eigenvalue weighted by Gasteiger charge is -2.11. The monoisotopic (exact) mass is 533 g/mol. The summed E-state index contributed by atoms with van der Waals surface area (Å²) in [4.78, 5) is 24.2. The van der Waals surface area contributed by atoms with Gasteiger partial charge in [-0.3, -0.25) is 9.59 Å². The van der Waals surface area contributed by atoms with Crippen molar-refractivity contribution >= 4 is 62.8 Å². The van der Waals surface area contributed by atoms with E-state index in [0.717, 1.165) is 15.6 Å². The highest BCUT2D eigenvalue weighted by atomic mass is 79.9. The van der Waals surface area contributed by atoms with Gasteiger partial charge in [0.25, 0.3) is 0 Å². The van der Waals surface area contributed by atoms with Crippen molar-refractivity contribution in [2.24, 2.45) is 5.10 Å². The molecule has 3 aromatic carbocycles. The van der Waals surface area contributed by atoms with Crippen LogP contribution in [0.25, 0.3) is 0 Å². The predicted octanol–water partition coefficient (Wildman–Crippen LogP) is 5.73. The number of hydrazone groups is 1. The van der Waals surface area contributed by atoms with Gasteiger partial charge in [0.1, 0.15) is 12.4 Å². The lowest BCUT2D eigenvalue weighted by atomic mass is 10.2. The van der Waals surface area contributed by atoms with Crippen LogP contribution in [-0.2, 0) is 16.2 Å². The molecule has 9 heteroatoms. The third-order valence-corrected chi connectivity index (χ3v) is 5.42. The lowest BCUT2D eigenvalue weighted by molar-refractivity contribution is -0.136. The molecule has 0 aliphatic rings. The van der Waals surface area contributed by atoms with Crippen molar-refractivity contribution < 1.29 is 14.3 Å². The van der Waals surface area contributed by atoms with Gasteiger partial charge in [0.05, 0.1) is 6.21 Å². The number of nitrogens with zero attached hydrogens (tertiary/aromatic N) is 1. The Kier molecular flexibility index (Phi) is 8.27. The van der Waals surface area contributed by atoms with Crippen LogP contribution in [0.4, 0.5) is 5.69 Å². The van der Waals surface area contributed by atoms with Gasteiger partial charge in [-0.1, -0.05) is 63.4 Å². The van der Waals surface area contributed by atoms with Gasteiger partial charge in [-0.25, -0.2) is 5.43 Å². The van der Waals surface area contributed by atoms with Crippen LogP contribution in [0, 0.1) is 6.92 Å². The van der Waals surface area contributed by atoms with Gasteiger partial charge in [0.2, 0.25) is 0 Å². The Hall–Kier alpha value is -2.87. The summed E-state index contributed by atoms with van der Waals surface area (Å²) in [5.74, 6) is -1.20. The molecule has 0 aromatic heterocycles. The number of carbonyl (C=O) groups is 2. The second-order valence-corrected chi connectivity index (χ2v) is 8.43. The van der Waals surface area contributed by atoms with Crippen LogP contribution in [-0.4, -0.2) is 18.0 Å². The van der Waals surface area contributed by atoms with E-state index in [-0.39, 0.29) is 6.61 Å². The number of ether oxygens (including phenoxy) is 1. The minimum atomic E-state index is -0.894. The third-order valence-electron chi connectivity index (χ3n) is 4.34. The zero-order chi connectivity index (χ0) is 23.1. The second kappa shape index (κ2) is 11.1. The first-order chi connectivity index (χ1) is 15.3. The summed E-state index contributed by atoms with van der Waals surface area (Å²) < 4.78 is 6.66. The molecule has 0 aliphatic heterocycles. The summed E-state index contributed by atoms with van der Waals surface area (Å²) in [6, 6.07) is 17.6. The Balaban J connectivity index is 1.64. The second-order valence-electron chi connectivity index (χ2n) is 6.67. The van der Waals surface area contributed by atoms with E-state index in [1.54, 1.807) is 42.5 Å². The minimum absolute atomic E-state index is 0.212. The van der Waals surface area contributed by atoms with Crippen molar-refractivity contribution in [2.75, 3.05) is 5.32 Å². The van der Waals surface area contributed by atoms with E-state index in [2.05, 4.69) is 31.8 Å². The zero-order valence-corrected chi connectivity index (χ0v) is 20.0. The van der Waals surface area contributed by atoms with Gasteiger partial charge in [-0.15, -0.1) is 0 Å². The number of amides is 2. The summed E-state index contributed by atoms with van der Waals surface area (Å²) in [6.07, 6.45) is 1.39. The molecular formula is C23H18BrCl2N3O3. The van der Waals surface area contributed by atoms with Crippen molar-refractivity contribution in [3.05, 3.63) is 91.9 Å². The average Bonchev–Trinajstić information content (AvgIpc) is 2.75. The molecule has 0 spiro atoms. The Morgan fingerprint density at radius 2 is 1.84 bits per heavy atom. The van der Waals surface area contributed by atoms with E-state index in [1.165, 1.54) is 6.21 Å². The molecule has 0 bridgehead atoms. The van der Waals surface area contributed by atoms with Crippen molar-refractivity contribution in [2.45, 2.75) is 13.5 Å². The van der Waals surface area contributed by atoms with Crippen LogP contribution in [0.15, 0.2) is 70.2 Å². The molecule has 6 nitrogen and oxygen atoms in total. The maximum absolute atomic E-state index is 12.1. The van der Waals surface area contributed by atoms with Crippen LogP contribution in [0.1, 0.15) is 16.7 Å². The number of anilines is 1. The molecular weight excluding hydrogens is 517 g/mol. The molecule has 2 N–H and O–H groups in total. The number of hydrogen-bond acceptors (Lipinski definition) is 4. The highest BCUT2D eigenvalue weighted by Crippen LogP contribution is 2.26. The first-order valence-corrected chi connectivity index (χ1v) is 10.9. The SMILES string of the molecule is Cc1ccccc1NC(=O)C(=O)N/N=C\c1cc(Br)ccc1OCc1ccc(Cl)cc1Cl. The first kappa shape index (κ1) is 23.8. The topological polar surface area (TPSA) is 79.8 Å². The summed E-state index contributed by atoms with van der Waals surface area (Å²) in [6.45, 7) is 2.04. The molecule has 3 aromatic rings. The maximum atomic E-state index is 12.1. The molecule has 32 heavy (non-hydrogen) atoms. The van der Waals surface area contributed by atoms with Crippen molar-refractivity contribution in [3.63, 3.8) is 0 Å². The summed E-state index contributed by atoms with van der Waals surface area (Å²) >= 11 is 15.5. The van der Waals surface area contributed by atoms with Crippen molar-refractivity contribution in [1.29, 1.82) is 0 Å². The highest BCUT2D eigenvalue weighted by Gasteiger charge is 2.14. The number of para-hydroxylation sites is 1. The Bertz CT molecular complexity index is 1180. The zero-order valence-electron chi connectivity index (χ0n) is 16.9. The molecule has 0 saturated heterocycles. The van der Waals surface area contributed by atoms with Gasteiger partial charge in [-0.05, 0) is 48.9 Å². The average molecular weight is 535 g/mol. The smallest absolute Gasteiger partial charge is 0.329 e. The summed E-state index contributed by atoms with van der Waals surface area (Å²) in [5, 5.41) is 7.47. The van der Waals surface area contributed by atoms with Crippen LogP contribution in [0.3, 0.4) is 0 Å². The largest absolute Gasteiger partial charge is 0.488 e. The first-order valence-electron chi connectivity index (χ1n) is 9.40. The van der Waals surface area contributed by atoms with E-state index in [9.17, 15) is 9.59 Å².